The fourth-order valence-electron chi connectivity index (χ4n) is 3.62. The van der Waals surface area contributed by atoms with Crippen molar-refractivity contribution in [1.82, 2.24) is 19.7 Å². The van der Waals surface area contributed by atoms with Crippen LogP contribution in [0.3, 0.4) is 0 Å². The van der Waals surface area contributed by atoms with E-state index in [9.17, 15) is 18.0 Å². The predicted octanol–water partition coefficient (Wildman–Crippen LogP) is 6.16. The Kier molecular flexibility index (Phi) is 5.57. The number of carbonyl (C=O) groups excluding carboxylic acids is 1. The third kappa shape index (κ3) is 4.45. The van der Waals surface area contributed by atoms with Crippen LogP contribution in [0.4, 0.5) is 18.9 Å². The number of halogens is 4. The highest BCUT2D eigenvalue weighted by Gasteiger charge is 2.34. The second kappa shape index (κ2) is 8.42. The maximum Gasteiger partial charge on any atom is 0.417 e. The molecule has 0 radical (unpaired) electrons. The lowest BCUT2D eigenvalue weighted by atomic mass is 10.1. The normalized spacial score (nSPS) is 14.1. The smallest absolute Gasteiger partial charge is 0.360 e. The van der Waals surface area contributed by atoms with Crippen molar-refractivity contribution in [3.05, 3.63) is 59.2 Å². The summed E-state index contributed by atoms with van der Waals surface area (Å²) in [4.78, 5) is 15.7. The van der Waals surface area contributed by atoms with Crippen LogP contribution >= 0.6 is 23.4 Å². The zero-order chi connectivity index (χ0) is 23.2. The minimum Gasteiger partial charge on any atom is -0.360 e. The zero-order valence-electron chi connectivity index (χ0n) is 17.0. The van der Waals surface area contributed by atoms with Gasteiger partial charge in [-0.25, -0.2) is 0 Å². The molecular formula is C22H17ClF3N5OS. The quantitative estimate of drug-likeness (QED) is 0.316. The highest BCUT2D eigenvalue weighted by molar-refractivity contribution is 7.99. The molecule has 2 aromatic heterocycles. The fourth-order valence-corrected chi connectivity index (χ4v) is 4.66. The van der Waals surface area contributed by atoms with Gasteiger partial charge in [0.15, 0.2) is 11.0 Å². The van der Waals surface area contributed by atoms with Crippen molar-refractivity contribution in [2.45, 2.75) is 30.2 Å². The first-order chi connectivity index (χ1) is 15.8. The van der Waals surface area contributed by atoms with Crippen LogP contribution in [0, 0.1) is 0 Å². The summed E-state index contributed by atoms with van der Waals surface area (Å²) >= 11 is 6.83. The Morgan fingerprint density at radius 3 is 2.76 bits per heavy atom. The number of nitrogens with zero attached hydrogens (tertiary/aromatic N) is 3. The molecular weight excluding hydrogens is 475 g/mol. The molecule has 0 atom stereocenters. The molecule has 1 fully saturated rings. The van der Waals surface area contributed by atoms with Crippen molar-refractivity contribution >= 4 is 45.9 Å². The Hall–Kier alpha value is -2.98. The lowest BCUT2D eigenvalue weighted by molar-refractivity contribution is -0.137. The fraction of sp³-hybridized carbons (Fsp3) is 0.227. The van der Waals surface area contributed by atoms with Crippen LogP contribution in [0.5, 0.6) is 0 Å². The largest absolute Gasteiger partial charge is 0.417 e. The number of hydrogen-bond donors (Lipinski definition) is 2. The summed E-state index contributed by atoms with van der Waals surface area (Å²) < 4.78 is 41.2. The molecule has 1 aliphatic carbocycles. The van der Waals surface area contributed by atoms with Gasteiger partial charge in [-0.3, -0.25) is 9.36 Å². The Balaban J connectivity index is 1.33. The van der Waals surface area contributed by atoms with Gasteiger partial charge in [-0.2, -0.15) is 13.2 Å². The molecule has 2 N–H and O–H groups in total. The van der Waals surface area contributed by atoms with E-state index < -0.39 is 22.7 Å². The van der Waals surface area contributed by atoms with Crippen LogP contribution < -0.4 is 5.32 Å². The van der Waals surface area contributed by atoms with Gasteiger partial charge in [0.25, 0.3) is 0 Å². The summed E-state index contributed by atoms with van der Waals surface area (Å²) in [6.07, 6.45) is -0.712. The average molecular weight is 492 g/mol. The number of alkyl halides is 3. The van der Waals surface area contributed by atoms with Crippen LogP contribution in [0.25, 0.3) is 22.3 Å². The van der Waals surface area contributed by atoms with Gasteiger partial charge in [0, 0.05) is 34.4 Å². The minimum absolute atomic E-state index is 0.0251. The van der Waals surface area contributed by atoms with Crippen molar-refractivity contribution < 1.29 is 18.0 Å². The Morgan fingerprint density at radius 1 is 1.21 bits per heavy atom. The molecule has 2 aromatic carbocycles. The molecule has 0 unspecified atom stereocenters. The monoisotopic (exact) mass is 491 g/mol. The second-order valence-electron chi connectivity index (χ2n) is 7.68. The van der Waals surface area contributed by atoms with Crippen molar-refractivity contribution in [3.8, 4) is 11.4 Å². The number of para-hydroxylation sites is 1. The van der Waals surface area contributed by atoms with Crippen LogP contribution in [0.1, 0.15) is 24.4 Å². The number of benzene rings is 2. The van der Waals surface area contributed by atoms with E-state index in [2.05, 4.69) is 20.5 Å². The van der Waals surface area contributed by atoms with Crippen molar-refractivity contribution in [3.63, 3.8) is 0 Å². The summed E-state index contributed by atoms with van der Waals surface area (Å²) in [6, 6.07) is 11.4. The van der Waals surface area contributed by atoms with Gasteiger partial charge in [-0.15, -0.1) is 10.2 Å². The van der Waals surface area contributed by atoms with Gasteiger partial charge >= 0.3 is 6.18 Å². The van der Waals surface area contributed by atoms with Crippen LogP contribution in [0.15, 0.2) is 53.8 Å². The van der Waals surface area contributed by atoms with E-state index in [1.165, 1.54) is 17.8 Å². The van der Waals surface area contributed by atoms with E-state index in [1.54, 1.807) is 0 Å². The second-order valence-corrected chi connectivity index (χ2v) is 9.03. The molecule has 1 aliphatic rings. The number of rotatable bonds is 6. The number of amides is 1. The van der Waals surface area contributed by atoms with E-state index in [0.29, 0.717) is 5.16 Å². The number of hydrogen-bond acceptors (Lipinski definition) is 4. The first-order valence-electron chi connectivity index (χ1n) is 10.1. The zero-order valence-corrected chi connectivity index (χ0v) is 18.6. The highest BCUT2D eigenvalue weighted by atomic mass is 35.5. The van der Waals surface area contributed by atoms with Crippen LogP contribution in [-0.4, -0.2) is 31.4 Å². The number of aromatic nitrogens is 4. The van der Waals surface area contributed by atoms with Crippen LogP contribution in [-0.2, 0) is 11.0 Å². The Labute approximate surface area is 195 Å². The van der Waals surface area contributed by atoms with Gasteiger partial charge < -0.3 is 10.3 Å². The maximum absolute atomic E-state index is 13.1. The lowest BCUT2D eigenvalue weighted by Crippen LogP contribution is -2.15. The van der Waals surface area contributed by atoms with Gasteiger partial charge in [-0.05, 0) is 37.1 Å². The van der Waals surface area contributed by atoms with E-state index in [0.717, 1.165) is 47.3 Å². The Morgan fingerprint density at radius 2 is 2.00 bits per heavy atom. The van der Waals surface area contributed by atoms with Gasteiger partial charge in [0.05, 0.1) is 16.3 Å². The Bertz CT molecular complexity index is 1350. The molecule has 0 aliphatic heterocycles. The molecule has 0 spiro atoms. The van der Waals surface area contributed by atoms with Crippen molar-refractivity contribution in [2.24, 2.45) is 0 Å². The number of anilines is 1. The number of fused-ring (bicyclic) bond motifs is 1. The number of aromatic amines is 1. The SMILES string of the molecule is O=C(CSc1nnc(-c2c[nH]c3ccccc23)n1C1CC1)Nc1ccc(Cl)c(C(F)(F)F)c1. The molecule has 1 saturated carbocycles. The molecule has 6 nitrogen and oxygen atoms in total. The third-order valence-electron chi connectivity index (χ3n) is 5.29. The summed E-state index contributed by atoms with van der Waals surface area (Å²) in [7, 11) is 0. The summed E-state index contributed by atoms with van der Waals surface area (Å²) in [5, 5.41) is 12.4. The molecule has 33 heavy (non-hydrogen) atoms. The molecule has 1 amide bonds. The first kappa shape index (κ1) is 21.8. The van der Waals surface area contributed by atoms with Crippen molar-refractivity contribution in [1.29, 1.82) is 0 Å². The number of H-pyrrole nitrogens is 1. The first-order valence-corrected chi connectivity index (χ1v) is 11.5. The number of carbonyl (C=O) groups is 1. The minimum atomic E-state index is -4.61. The third-order valence-corrected chi connectivity index (χ3v) is 6.57. The van der Waals surface area contributed by atoms with Crippen molar-refractivity contribution in [2.75, 3.05) is 11.1 Å². The van der Waals surface area contributed by atoms with E-state index >= 15 is 0 Å². The topological polar surface area (TPSA) is 75.6 Å². The summed E-state index contributed by atoms with van der Waals surface area (Å²) in [5.41, 5.74) is 0.960. The highest BCUT2D eigenvalue weighted by Crippen LogP contribution is 2.42. The van der Waals surface area contributed by atoms with E-state index in [1.807, 2.05) is 35.0 Å². The predicted molar refractivity (Wildman–Crippen MR) is 121 cm³/mol. The van der Waals surface area contributed by atoms with Gasteiger partial charge in [-0.1, -0.05) is 41.6 Å². The molecule has 5 rings (SSSR count). The lowest BCUT2D eigenvalue weighted by Gasteiger charge is -2.12. The average Bonchev–Trinajstić information content (AvgIpc) is 3.38. The van der Waals surface area contributed by atoms with Crippen LogP contribution in [0.2, 0.25) is 5.02 Å². The summed E-state index contributed by atoms with van der Waals surface area (Å²) in [5.74, 6) is 0.253. The standard InChI is InChI=1S/C22H17ClF3N5OS/c23-17-8-5-12(9-16(17)22(24,25)26)28-19(32)11-33-21-30-29-20(31(21)13-6-7-13)15-10-27-18-4-2-1-3-14(15)18/h1-5,8-10,13,27H,6-7,11H2,(H,28,32). The molecule has 0 saturated heterocycles. The maximum atomic E-state index is 13.1. The number of nitrogens with one attached hydrogen (secondary N) is 2. The van der Waals surface area contributed by atoms with E-state index in [-0.39, 0.29) is 17.5 Å². The molecule has 2 heterocycles. The number of thioether (sulfide) groups is 1. The van der Waals surface area contributed by atoms with Gasteiger partial charge in [0.1, 0.15) is 0 Å². The molecule has 4 aromatic rings. The molecule has 11 heteroatoms. The van der Waals surface area contributed by atoms with E-state index in [4.69, 9.17) is 11.6 Å². The molecule has 0 bridgehead atoms. The van der Waals surface area contributed by atoms with Gasteiger partial charge in [0.2, 0.25) is 5.91 Å². The molecule has 170 valence electrons. The summed E-state index contributed by atoms with van der Waals surface area (Å²) in [6.45, 7) is 0.